The zero-order chi connectivity index (χ0) is 6.69. The molecule has 1 nitrogen and oxygen atoms in total. The Morgan fingerprint density at radius 3 is 2.89 bits per heavy atom. The number of rotatable bonds is 2. The van der Waals surface area contributed by atoms with E-state index in [1.54, 1.807) is 0 Å². The van der Waals surface area contributed by atoms with Crippen molar-refractivity contribution in [2.75, 3.05) is 24.1 Å². The predicted octanol–water partition coefficient (Wildman–Crippen LogP) is 1.76. The summed E-state index contributed by atoms with van der Waals surface area (Å²) in [5.41, 5.74) is 0. The third-order valence-electron chi connectivity index (χ3n) is 1.91. The summed E-state index contributed by atoms with van der Waals surface area (Å²) in [6.45, 7) is 6.31. The number of halogens is 1. The lowest BCUT2D eigenvalue weighted by molar-refractivity contribution is 0.351. The molecule has 0 aromatic carbocycles. The van der Waals surface area contributed by atoms with E-state index < -0.39 is 0 Å². The molecule has 0 saturated carbocycles. The molecule has 0 spiro atoms. The lowest BCUT2D eigenvalue weighted by Crippen LogP contribution is -2.22. The minimum Gasteiger partial charge on any atom is -0.302 e. The summed E-state index contributed by atoms with van der Waals surface area (Å²) < 4.78 is 1.28. The van der Waals surface area contributed by atoms with Crippen molar-refractivity contribution in [3.63, 3.8) is 0 Å². The van der Waals surface area contributed by atoms with Gasteiger partial charge in [0, 0.05) is 17.5 Å². The van der Waals surface area contributed by atoms with E-state index in [9.17, 15) is 0 Å². The van der Waals surface area contributed by atoms with Gasteiger partial charge in [0.2, 0.25) is 0 Å². The van der Waals surface area contributed by atoms with Crippen LogP contribution >= 0.6 is 22.6 Å². The third-order valence-corrected chi connectivity index (χ3v) is 2.39. The lowest BCUT2D eigenvalue weighted by atomic mass is 10.2. The molecular weight excluding hydrogens is 225 g/mol. The zero-order valence-electron chi connectivity index (χ0n) is 5.94. The van der Waals surface area contributed by atoms with Crippen LogP contribution in [-0.2, 0) is 0 Å². The summed E-state index contributed by atoms with van der Waals surface area (Å²) in [5.74, 6) is 0.952. The molecule has 1 heterocycles. The standard InChI is InChI=1S/C7H14IN/c1-7-2-4-9(6-7)5-3-8/h7H,2-6H2,1H3. The molecule has 0 amide bonds. The number of hydrogen-bond acceptors (Lipinski definition) is 1. The highest BCUT2D eigenvalue weighted by molar-refractivity contribution is 14.1. The van der Waals surface area contributed by atoms with Gasteiger partial charge in [0.1, 0.15) is 0 Å². The van der Waals surface area contributed by atoms with E-state index in [0.29, 0.717) is 0 Å². The molecule has 1 atom stereocenters. The Morgan fingerprint density at radius 1 is 1.67 bits per heavy atom. The SMILES string of the molecule is CC1CCN(CCI)C1. The van der Waals surface area contributed by atoms with Gasteiger partial charge in [-0.2, -0.15) is 0 Å². The maximum atomic E-state index is 2.55. The predicted molar refractivity (Wildman–Crippen MR) is 49.1 cm³/mol. The van der Waals surface area contributed by atoms with E-state index in [-0.39, 0.29) is 0 Å². The van der Waals surface area contributed by atoms with Crippen molar-refractivity contribution in [1.82, 2.24) is 4.90 Å². The van der Waals surface area contributed by atoms with Gasteiger partial charge < -0.3 is 4.90 Å². The maximum absolute atomic E-state index is 2.55. The van der Waals surface area contributed by atoms with Gasteiger partial charge in [-0.25, -0.2) is 0 Å². The van der Waals surface area contributed by atoms with Crippen molar-refractivity contribution in [1.29, 1.82) is 0 Å². The van der Waals surface area contributed by atoms with E-state index in [1.165, 1.54) is 30.5 Å². The van der Waals surface area contributed by atoms with E-state index in [1.807, 2.05) is 0 Å². The van der Waals surface area contributed by atoms with Crippen LogP contribution in [0.15, 0.2) is 0 Å². The molecule has 1 aliphatic heterocycles. The molecule has 1 fully saturated rings. The van der Waals surface area contributed by atoms with Crippen LogP contribution in [0.3, 0.4) is 0 Å². The van der Waals surface area contributed by atoms with Crippen LogP contribution in [-0.4, -0.2) is 29.0 Å². The molecule has 0 aromatic rings. The van der Waals surface area contributed by atoms with Crippen molar-refractivity contribution in [3.8, 4) is 0 Å². The fraction of sp³-hybridized carbons (Fsp3) is 1.00. The molecule has 2 heteroatoms. The number of nitrogens with zero attached hydrogens (tertiary/aromatic N) is 1. The van der Waals surface area contributed by atoms with Gasteiger partial charge in [0.15, 0.2) is 0 Å². The van der Waals surface area contributed by atoms with Crippen LogP contribution in [0.1, 0.15) is 13.3 Å². The van der Waals surface area contributed by atoms with Crippen LogP contribution < -0.4 is 0 Å². The second-order valence-corrected chi connectivity index (χ2v) is 3.96. The highest BCUT2D eigenvalue weighted by atomic mass is 127. The third kappa shape index (κ3) is 2.42. The van der Waals surface area contributed by atoms with Crippen molar-refractivity contribution < 1.29 is 0 Å². The van der Waals surface area contributed by atoms with Crippen molar-refractivity contribution in [3.05, 3.63) is 0 Å². The number of alkyl halides is 1. The van der Waals surface area contributed by atoms with Crippen LogP contribution in [0.2, 0.25) is 0 Å². The largest absolute Gasteiger partial charge is 0.302 e. The highest BCUT2D eigenvalue weighted by Gasteiger charge is 2.16. The topological polar surface area (TPSA) is 3.24 Å². The minimum absolute atomic E-state index is 0.952. The molecule has 9 heavy (non-hydrogen) atoms. The Labute approximate surface area is 70.9 Å². The monoisotopic (exact) mass is 239 g/mol. The van der Waals surface area contributed by atoms with Crippen molar-refractivity contribution in [2.24, 2.45) is 5.92 Å². The molecule has 0 aliphatic carbocycles. The molecule has 0 aromatic heterocycles. The zero-order valence-corrected chi connectivity index (χ0v) is 8.10. The van der Waals surface area contributed by atoms with Gasteiger partial charge in [0.25, 0.3) is 0 Å². The van der Waals surface area contributed by atoms with Crippen LogP contribution in [0.4, 0.5) is 0 Å². The summed E-state index contributed by atoms with van der Waals surface area (Å²) in [4.78, 5) is 2.55. The van der Waals surface area contributed by atoms with Gasteiger partial charge in [-0.15, -0.1) is 0 Å². The van der Waals surface area contributed by atoms with E-state index in [0.717, 1.165) is 5.92 Å². The Morgan fingerprint density at radius 2 is 2.44 bits per heavy atom. The fourth-order valence-corrected chi connectivity index (χ4v) is 2.03. The smallest absolute Gasteiger partial charge is 0.0123 e. The average Bonchev–Trinajstić information content (AvgIpc) is 2.17. The first-order valence-corrected chi connectivity index (χ1v) is 5.14. The summed E-state index contributed by atoms with van der Waals surface area (Å²) in [7, 11) is 0. The van der Waals surface area contributed by atoms with E-state index in [4.69, 9.17) is 0 Å². The molecule has 1 saturated heterocycles. The summed E-state index contributed by atoms with van der Waals surface area (Å²) in [6.07, 6.45) is 1.41. The molecule has 0 N–H and O–H groups in total. The summed E-state index contributed by atoms with van der Waals surface area (Å²) in [5, 5.41) is 0. The number of hydrogen-bond donors (Lipinski definition) is 0. The molecule has 1 unspecified atom stereocenters. The molecule has 1 rings (SSSR count). The van der Waals surface area contributed by atoms with E-state index >= 15 is 0 Å². The Bertz CT molecular complexity index is 83.0. The van der Waals surface area contributed by atoms with Gasteiger partial charge in [0.05, 0.1) is 0 Å². The average molecular weight is 239 g/mol. The number of likely N-dealkylation sites (tertiary alicyclic amines) is 1. The molecular formula is C7H14IN. The molecule has 1 aliphatic rings. The van der Waals surface area contributed by atoms with Crippen LogP contribution in [0.25, 0.3) is 0 Å². The van der Waals surface area contributed by atoms with Gasteiger partial charge in [-0.3, -0.25) is 0 Å². The van der Waals surface area contributed by atoms with Crippen LogP contribution in [0, 0.1) is 5.92 Å². The summed E-state index contributed by atoms with van der Waals surface area (Å²) in [6, 6.07) is 0. The lowest BCUT2D eigenvalue weighted by Gasteiger charge is -2.11. The molecule has 54 valence electrons. The fourth-order valence-electron chi connectivity index (χ4n) is 1.35. The first-order valence-electron chi connectivity index (χ1n) is 3.61. The van der Waals surface area contributed by atoms with Crippen molar-refractivity contribution >= 4 is 22.6 Å². The first-order chi connectivity index (χ1) is 4.33. The second-order valence-electron chi connectivity index (χ2n) is 2.88. The normalized spacial score (nSPS) is 29.3. The molecule has 0 radical (unpaired) electrons. The Balaban J connectivity index is 2.14. The van der Waals surface area contributed by atoms with Gasteiger partial charge in [-0.05, 0) is 18.9 Å². The van der Waals surface area contributed by atoms with Gasteiger partial charge in [-0.1, -0.05) is 29.5 Å². The minimum atomic E-state index is 0.952. The quantitative estimate of drug-likeness (QED) is 0.524. The van der Waals surface area contributed by atoms with E-state index in [2.05, 4.69) is 34.4 Å². The maximum Gasteiger partial charge on any atom is 0.0123 e. The Hall–Kier alpha value is 0.690. The first kappa shape index (κ1) is 7.79. The Kier molecular flexibility index (Phi) is 3.26. The van der Waals surface area contributed by atoms with Gasteiger partial charge >= 0.3 is 0 Å². The molecule has 0 bridgehead atoms. The second kappa shape index (κ2) is 3.76. The van der Waals surface area contributed by atoms with Crippen LogP contribution in [0.5, 0.6) is 0 Å². The van der Waals surface area contributed by atoms with Crippen molar-refractivity contribution in [2.45, 2.75) is 13.3 Å². The summed E-state index contributed by atoms with van der Waals surface area (Å²) >= 11 is 2.44. The highest BCUT2D eigenvalue weighted by Crippen LogP contribution is 2.14.